The van der Waals surface area contributed by atoms with Crippen molar-refractivity contribution >= 4 is 40.1 Å². The van der Waals surface area contributed by atoms with Gasteiger partial charge in [0.25, 0.3) is 0 Å². The number of hydrogen-bond acceptors (Lipinski definition) is 4. The highest BCUT2D eigenvalue weighted by atomic mass is 35.5. The van der Waals surface area contributed by atoms with Crippen molar-refractivity contribution < 1.29 is 0 Å². The van der Waals surface area contributed by atoms with Gasteiger partial charge in [0.1, 0.15) is 0 Å². The lowest BCUT2D eigenvalue weighted by Crippen LogP contribution is -2.14. The van der Waals surface area contributed by atoms with Gasteiger partial charge in [0.2, 0.25) is 5.95 Å². The highest BCUT2D eigenvalue weighted by molar-refractivity contribution is 6.33. The van der Waals surface area contributed by atoms with Crippen molar-refractivity contribution in [3.63, 3.8) is 0 Å². The second kappa shape index (κ2) is 7.84. The number of benzene rings is 3. The Balaban J connectivity index is 1.74. The quantitative estimate of drug-likeness (QED) is 0.302. The fourth-order valence-corrected chi connectivity index (χ4v) is 5.09. The molecule has 2 N–H and O–H groups in total. The Hall–Kier alpha value is -3.47. The summed E-state index contributed by atoms with van der Waals surface area (Å²) in [5.41, 5.74) is 14.8. The Bertz CT molecular complexity index is 1550. The third-order valence-electron chi connectivity index (χ3n) is 6.09. The summed E-state index contributed by atoms with van der Waals surface area (Å²) in [6, 6.07) is 23.8. The molecular formula is C27H18Cl2N4. The molecule has 0 bridgehead atoms. The van der Waals surface area contributed by atoms with Gasteiger partial charge in [-0.2, -0.15) is 0 Å². The predicted molar refractivity (Wildman–Crippen MR) is 135 cm³/mol. The molecule has 2 heterocycles. The fourth-order valence-electron chi connectivity index (χ4n) is 4.69. The van der Waals surface area contributed by atoms with Crippen molar-refractivity contribution in [3.05, 3.63) is 94.1 Å². The van der Waals surface area contributed by atoms with Gasteiger partial charge >= 0.3 is 0 Å². The molecule has 6 heteroatoms. The lowest BCUT2D eigenvalue weighted by molar-refractivity contribution is 0.886. The monoisotopic (exact) mass is 468 g/mol. The zero-order chi connectivity index (χ0) is 22.5. The summed E-state index contributed by atoms with van der Waals surface area (Å²) in [5, 5.41) is 2.28. The lowest BCUT2D eigenvalue weighted by atomic mass is 9.84. The molecule has 0 saturated carbocycles. The zero-order valence-corrected chi connectivity index (χ0v) is 19.0. The van der Waals surface area contributed by atoms with Crippen molar-refractivity contribution in [3.8, 4) is 33.6 Å². The van der Waals surface area contributed by atoms with E-state index in [0.29, 0.717) is 10.0 Å². The number of aromatic nitrogens is 3. The largest absolute Gasteiger partial charge is 0.368 e. The minimum atomic E-state index is 0.210. The van der Waals surface area contributed by atoms with Crippen LogP contribution in [0.25, 0.3) is 44.5 Å². The van der Waals surface area contributed by atoms with E-state index in [9.17, 15) is 0 Å². The molecule has 1 aliphatic carbocycles. The molecule has 0 unspecified atom stereocenters. The van der Waals surface area contributed by atoms with Crippen LogP contribution in [-0.2, 0) is 12.8 Å². The zero-order valence-electron chi connectivity index (χ0n) is 17.5. The van der Waals surface area contributed by atoms with Crippen LogP contribution in [0.5, 0.6) is 0 Å². The van der Waals surface area contributed by atoms with Gasteiger partial charge in [-0.15, -0.1) is 0 Å². The number of halogens is 2. The number of nitrogens with zero attached hydrogens (tertiary/aromatic N) is 3. The van der Waals surface area contributed by atoms with E-state index in [-0.39, 0.29) is 5.95 Å². The van der Waals surface area contributed by atoms with Crippen LogP contribution in [0.15, 0.2) is 72.8 Å². The number of anilines is 1. The minimum absolute atomic E-state index is 0.210. The average Bonchev–Trinajstić information content (AvgIpc) is 2.83. The van der Waals surface area contributed by atoms with Crippen molar-refractivity contribution in [1.29, 1.82) is 0 Å². The summed E-state index contributed by atoms with van der Waals surface area (Å²) in [5.74, 6) is 0.210. The summed E-state index contributed by atoms with van der Waals surface area (Å²) in [4.78, 5) is 14.4. The average molecular weight is 469 g/mol. The van der Waals surface area contributed by atoms with Crippen LogP contribution in [-0.4, -0.2) is 15.0 Å². The first kappa shape index (κ1) is 20.2. The first-order chi connectivity index (χ1) is 16.1. The van der Waals surface area contributed by atoms with Crippen molar-refractivity contribution in [1.82, 2.24) is 15.0 Å². The van der Waals surface area contributed by atoms with Crippen LogP contribution in [0.2, 0.25) is 10.0 Å². The third kappa shape index (κ3) is 3.34. The molecule has 0 amide bonds. The van der Waals surface area contributed by atoms with Gasteiger partial charge in [0.15, 0.2) is 0 Å². The highest BCUT2D eigenvalue weighted by Gasteiger charge is 2.28. The summed E-state index contributed by atoms with van der Waals surface area (Å²) in [7, 11) is 0. The molecule has 0 radical (unpaired) electrons. The van der Waals surface area contributed by atoms with E-state index >= 15 is 0 Å². The molecular weight excluding hydrogens is 451 g/mol. The molecule has 0 aliphatic heterocycles. The number of nitrogens with two attached hydrogens (primary N) is 1. The molecule has 1 aliphatic rings. The smallest absolute Gasteiger partial charge is 0.221 e. The maximum Gasteiger partial charge on any atom is 0.221 e. The summed E-state index contributed by atoms with van der Waals surface area (Å²) in [6.07, 6.45) is 1.52. The SMILES string of the molecule is Nc1nc(-c2ccccc2Cl)c2c(n1)-c1c(nc3ccc(Cl)cc3c1-c1ccccc1)CC2. The third-order valence-corrected chi connectivity index (χ3v) is 6.65. The second-order valence-corrected chi connectivity index (χ2v) is 8.92. The number of fused-ring (bicyclic) bond motifs is 4. The van der Waals surface area contributed by atoms with Gasteiger partial charge in [0, 0.05) is 37.7 Å². The maximum absolute atomic E-state index is 6.55. The number of nitrogen functional groups attached to an aromatic ring is 1. The van der Waals surface area contributed by atoms with Crippen molar-refractivity contribution in [2.24, 2.45) is 0 Å². The summed E-state index contributed by atoms with van der Waals surface area (Å²) in [6.45, 7) is 0. The van der Waals surface area contributed by atoms with Crippen LogP contribution in [0, 0.1) is 0 Å². The molecule has 0 spiro atoms. The van der Waals surface area contributed by atoms with Crippen LogP contribution in [0.1, 0.15) is 11.3 Å². The topological polar surface area (TPSA) is 64.7 Å². The molecule has 160 valence electrons. The van der Waals surface area contributed by atoms with Crippen LogP contribution >= 0.6 is 23.2 Å². The van der Waals surface area contributed by atoms with E-state index in [2.05, 4.69) is 17.1 Å². The van der Waals surface area contributed by atoms with E-state index in [4.69, 9.17) is 38.9 Å². The Kier molecular flexibility index (Phi) is 4.79. The standard InChI is InChI=1S/C27H18Cl2N4/c28-16-10-12-21-19(14-16)23(15-6-2-1-3-7-15)24-22(31-21)13-11-18-25(32-27(30)33-26(18)24)17-8-4-5-9-20(17)29/h1-10,12,14H,11,13H2,(H2,30,32,33). The van der Waals surface area contributed by atoms with E-state index in [1.54, 1.807) is 0 Å². The normalized spacial score (nSPS) is 12.4. The van der Waals surface area contributed by atoms with Gasteiger partial charge in [-0.25, -0.2) is 9.97 Å². The highest BCUT2D eigenvalue weighted by Crippen LogP contribution is 2.45. The van der Waals surface area contributed by atoms with Crippen LogP contribution in [0.3, 0.4) is 0 Å². The lowest BCUT2D eigenvalue weighted by Gasteiger charge is -2.25. The van der Waals surface area contributed by atoms with Gasteiger partial charge < -0.3 is 5.73 Å². The van der Waals surface area contributed by atoms with Crippen LogP contribution in [0.4, 0.5) is 5.95 Å². The minimum Gasteiger partial charge on any atom is -0.368 e. The van der Waals surface area contributed by atoms with Crippen molar-refractivity contribution in [2.75, 3.05) is 5.73 Å². The molecule has 2 aromatic heterocycles. The van der Waals surface area contributed by atoms with Crippen molar-refractivity contribution in [2.45, 2.75) is 12.8 Å². The molecule has 0 saturated heterocycles. The molecule has 6 rings (SSSR count). The Labute approximate surface area is 201 Å². The summed E-state index contributed by atoms with van der Waals surface area (Å²) >= 11 is 13.0. The van der Waals surface area contributed by atoms with Gasteiger partial charge in [-0.1, -0.05) is 71.7 Å². The molecule has 3 aromatic carbocycles. The van der Waals surface area contributed by atoms with E-state index in [0.717, 1.165) is 68.6 Å². The summed E-state index contributed by atoms with van der Waals surface area (Å²) < 4.78 is 0. The Morgan fingerprint density at radius 2 is 1.48 bits per heavy atom. The Morgan fingerprint density at radius 3 is 2.30 bits per heavy atom. The van der Waals surface area contributed by atoms with Gasteiger partial charge in [-0.3, -0.25) is 4.98 Å². The van der Waals surface area contributed by atoms with Crippen LogP contribution < -0.4 is 5.73 Å². The maximum atomic E-state index is 6.55. The fraction of sp³-hybridized carbons (Fsp3) is 0.0741. The Morgan fingerprint density at radius 1 is 0.727 bits per heavy atom. The van der Waals surface area contributed by atoms with E-state index < -0.39 is 0 Å². The second-order valence-electron chi connectivity index (χ2n) is 8.07. The van der Waals surface area contributed by atoms with E-state index in [1.807, 2.05) is 60.7 Å². The van der Waals surface area contributed by atoms with Gasteiger partial charge in [0.05, 0.1) is 22.6 Å². The molecule has 5 aromatic rings. The predicted octanol–water partition coefficient (Wildman–Crippen LogP) is 7.01. The number of pyridine rings is 1. The van der Waals surface area contributed by atoms with Gasteiger partial charge in [-0.05, 0) is 42.7 Å². The molecule has 33 heavy (non-hydrogen) atoms. The molecule has 0 fully saturated rings. The molecule has 0 atom stereocenters. The number of hydrogen-bond donors (Lipinski definition) is 1. The number of aryl methyl sites for hydroxylation is 1. The molecule has 4 nitrogen and oxygen atoms in total. The first-order valence-corrected chi connectivity index (χ1v) is 11.4. The first-order valence-electron chi connectivity index (χ1n) is 10.7. The van der Waals surface area contributed by atoms with E-state index in [1.165, 1.54) is 0 Å². The number of rotatable bonds is 2.